The van der Waals surface area contributed by atoms with Crippen LogP contribution in [0.3, 0.4) is 0 Å². The molecule has 1 aromatic heterocycles. The Balaban J connectivity index is 1.46. The van der Waals surface area contributed by atoms with Gasteiger partial charge in [0.2, 0.25) is 0 Å². The Morgan fingerprint density at radius 2 is 1.92 bits per heavy atom. The summed E-state index contributed by atoms with van der Waals surface area (Å²) in [6, 6.07) is 17.3. The topological polar surface area (TPSA) is 59.0 Å². The maximum absolute atomic E-state index is 12.2. The van der Waals surface area contributed by atoms with Crippen molar-refractivity contribution in [2.45, 2.75) is 6.42 Å². The zero-order chi connectivity index (χ0) is 17.5. The fraction of sp³-hybridized carbons (Fsp3) is 0.158. The van der Waals surface area contributed by atoms with E-state index in [0.29, 0.717) is 17.1 Å². The maximum atomic E-state index is 12.2. The van der Waals surface area contributed by atoms with Crippen LogP contribution in [-0.4, -0.2) is 28.8 Å². The Hall–Kier alpha value is -2.79. The molecular weight excluding hydrogens is 336 g/mol. The first kappa shape index (κ1) is 17.0. The second-order valence-corrected chi connectivity index (χ2v) is 5.99. The number of anilines is 1. The standard InChI is InChI=1S/C19H19ClN4O/c20-16-6-4-9-18(12-16)24-14-15(13-23-24)19(25)22-11-5-10-21-17-7-2-1-3-8-17/h1-4,6-9,12-14,21H,5,10-11H2,(H,22,25). The third-order valence-corrected chi connectivity index (χ3v) is 3.89. The van der Waals surface area contributed by atoms with Crippen molar-refractivity contribution < 1.29 is 4.79 Å². The van der Waals surface area contributed by atoms with Crippen LogP contribution in [0.15, 0.2) is 67.0 Å². The van der Waals surface area contributed by atoms with Gasteiger partial charge in [0, 0.05) is 30.0 Å². The average molecular weight is 355 g/mol. The van der Waals surface area contributed by atoms with Gasteiger partial charge < -0.3 is 10.6 Å². The second kappa shape index (κ2) is 8.35. The van der Waals surface area contributed by atoms with E-state index in [0.717, 1.165) is 24.3 Å². The van der Waals surface area contributed by atoms with Gasteiger partial charge in [-0.2, -0.15) is 5.10 Å². The lowest BCUT2D eigenvalue weighted by atomic mass is 10.3. The van der Waals surface area contributed by atoms with E-state index in [1.807, 2.05) is 42.5 Å². The van der Waals surface area contributed by atoms with Crippen LogP contribution in [0.25, 0.3) is 5.69 Å². The zero-order valence-electron chi connectivity index (χ0n) is 13.7. The van der Waals surface area contributed by atoms with Crippen molar-refractivity contribution in [3.8, 4) is 5.69 Å². The molecule has 0 saturated carbocycles. The highest BCUT2D eigenvalue weighted by atomic mass is 35.5. The van der Waals surface area contributed by atoms with Crippen LogP contribution in [0, 0.1) is 0 Å². The SMILES string of the molecule is O=C(NCCCNc1ccccc1)c1cnn(-c2cccc(Cl)c2)c1. The average Bonchev–Trinajstić information content (AvgIpc) is 3.12. The van der Waals surface area contributed by atoms with E-state index in [-0.39, 0.29) is 5.91 Å². The lowest BCUT2D eigenvalue weighted by Crippen LogP contribution is -2.25. The number of benzene rings is 2. The molecule has 0 aliphatic carbocycles. The summed E-state index contributed by atoms with van der Waals surface area (Å²) < 4.78 is 1.64. The van der Waals surface area contributed by atoms with E-state index in [2.05, 4.69) is 15.7 Å². The van der Waals surface area contributed by atoms with Crippen molar-refractivity contribution in [2.75, 3.05) is 18.4 Å². The van der Waals surface area contributed by atoms with E-state index < -0.39 is 0 Å². The molecule has 2 aromatic carbocycles. The number of amides is 1. The van der Waals surface area contributed by atoms with Crippen molar-refractivity contribution in [3.05, 3.63) is 77.6 Å². The van der Waals surface area contributed by atoms with Gasteiger partial charge in [-0.25, -0.2) is 4.68 Å². The fourth-order valence-electron chi connectivity index (χ4n) is 2.38. The molecule has 1 heterocycles. The largest absolute Gasteiger partial charge is 0.385 e. The van der Waals surface area contributed by atoms with Gasteiger partial charge in [0.1, 0.15) is 0 Å². The van der Waals surface area contributed by atoms with Crippen LogP contribution in [0.4, 0.5) is 5.69 Å². The number of aromatic nitrogens is 2. The number of nitrogens with one attached hydrogen (secondary N) is 2. The Kier molecular flexibility index (Phi) is 5.69. The summed E-state index contributed by atoms with van der Waals surface area (Å²) >= 11 is 5.98. The van der Waals surface area contributed by atoms with E-state index in [9.17, 15) is 4.79 Å². The molecule has 2 N–H and O–H groups in total. The molecule has 0 bridgehead atoms. The highest BCUT2D eigenvalue weighted by Gasteiger charge is 2.09. The second-order valence-electron chi connectivity index (χ2n) is 5.56. The molecule has 0 aliphatic heterocycles. The molecule has 3 rings (SSSR count). The lowest BCUT2D eigenvalue weighted by Gasteiger charge is -2.06. The van der Waals surface area contributed by atoms with E-state index in [4.69, 9.17) is 11.6 Å². The van der Waals surface area contributed by atoms with Gasteiger partial charge in [-0.15, -0.1) is 0 Å². The van der Waals surface area contributed by atoms with Crippen molar-refractivity contribution >= 4 is 23.2 Å². The summed E-state index contributed by atoms with van der Waals surface area (Å²) in [7, 11) is 0. The highest BCUT2D eigenvalue weighted by Crippen LogP contribution is 2.14. The quantitative estimate of drug-likeness (QED) is 0.635. The van der Waals surface area contributed by atoms with Crippen LogP contribution < -0.4 is 10.6 Å². The summed E-state index contributed by atoms with van der Waals surface area (Å²) in [5, 5.41) is 11.1. The van der Waals surface area contributed by atoms with Crippen molar-refractivity contribution in [3.63, 3.8) is 0 Å². The molecule has 0 saturated heterocycles. The maximum Gasteiger partial charge on any atom is 0.254 e. The van der Waals surface area contributed by atoms with Gasteiger partial charge in [-0.3, -0.25) is 4.79 Å². The normalized spacial score (nSPS) is 10.4. The molecule has 0 atom stereocenters. The van der Waals surface area contributed by atoms with Gasteiger partial charge in [-0.05, 0) is 36.8 Å². The third kappa shape index (κ3) is 4.84. The molecule has 6 heteroatoms. The van der Waals surface area contributed by atoms with E-state index >= 15 is 0 Å². The van der Waals surface area contributed by atoms with Crippen LogP contribution >= 0.6 is 11.6 Å². The Morgan fingerprint density at radius 3 is 2.72 bits per heavy atom. The predicted molar refractivity (Wildman–Crippen MR) is 100 cm³/mol. The van der Waals surface area contributed by atoms with Crippen LogP contribution in [0.5, 0.6) is 0 Å². The number of rotatable bonds is 7. The van der Waals surface area contributed by atoms with Crippen LogP contribution in [0.1, 0.15) is 16.8 Å². The molecule has 3 aromatic rings. The van der Waals surface area contributed by atoms with Crippen LogP contribution in [-0.2, 0) is 0 Å². The van der Waals surface area contributed by atoms with E-state index in [1.165, 1.54) is 0 Å². The van der Waals surface area contributed by atoms with Crippen LogP contribution in [0.2, 0.25) is 5.02 Å². The summed E-state index contributed by atoms with van der Waals surface area (Å²) in [6.45, 7) is 1.40. The summed E-state index contributed by atoms with van der Waals surface area (Å²) in [6.07, 6.45) is 4.09. The molecule has 5 nitrogen and oxygen atoms in total. The number of carbonyl (C=O) groups excluding carboxylic acids is 1. The Morgan fingerprint density at radius 1 is 1.08 bits per heavy atom. The number of hydrogen-bond acceptors (Lipinski definition) is 3. The molecule has 25 heavy (non-hydrogen) atoms. The highest BCUT2D eigenvalue weighted by molar-refractivity contribution is 6.30. The number of nitrogens with zero attached hydrogens (tertiary/aromatic N) is 2. The number of hydrogen-bond donors (Lipinski definition) is 2. The van der Waals surface area contributed by atoms with Gasteiger partial charge >= 0.3 is 0 Å². The van der Waals surface area contributed by atoms with Crippen molar-refractivity contribution in [2.24, 2.45) is 0 Å². The van der Waals surface area contributed by atoms with Gasteiger partial charge in [-0.1, -0.05) is 35.9 Å². The van der Waals surface area contributed by atoms with Gasteiger partial charge in [0.05, 0.1) is 17.4 Å². The van der Waals surface area contributed by atoms with Gasteiger partial charge in [0.15, 0.2) is 0 Å². The number of halogens is 1. The zero-order valence-corrected chi connectivity index (χ0v) is 14.4. The first-order valence-electron chi connectivity index (χ1n) is 8.10. The van der Waals surface area contributed by atoms with E-state index in [1.54, 1.807) is 29.2 Å². The first-order chi connectivity index (χ1) is 12.2. The molecule has 0 unspecified atom stereocenters. The fourth-order valence-corrected chi connectivity index (χ4v) is 2.57. The minimum Gasteiger partial charge on any atom is -0.385 e. The molecule has 0 fully saturated rings. The molecule has 0 radical (unpaired) electrons. The predicted octanol–water partition coefficient (Wildman–Crippen LogP) is 3.76. The Bertz CT molecular complexity index is 832. The van der Waals surface area contributed by atoms with Crippen molar-refractivity contribution in [1.29, 1.82) is 0 Å². The summed E-state index contributed by atoms with van der Waals surface area (Å²) in [5.41, 5.74) is 2.42. The lowest BCUT2D eigenvalue weighted by molar-refractivity contribution is 0.0953. The smallest absolute Gasteiger partial charge is 0.254 e. The number of carbonyl (C=O) groups is 1. The molecular formula is C19H19ClN4O. The summed E-state index contributed by atoms with van der Waals surface area (Å²) in [4.78, 5) is 12.2. The van der Waals surface area contributed by atoms with Gasteiger partial charge in [0.25, 0.3) is 5.91 Å². The Labute approximate surface area is 151 Å². The first-order valence-corrected chi connectivity index (χ1v) is 8.48. The van der Waals surface area contributed by atoms with Crippen molar-refractivity contribution in [1.82, 2.24) is 15.1 Å². The molecule has 128 valence electrons. The minimum absolute atomic E-state index is 0.131. The minimum atomic E-state index is -0.131. The molecule has 0 spiro atoms. The third-order valence-electron chi connectivity index (χ3n) is 3.66. The number of para-hydroxylation sites is 1. The molecule has 0 aliphatic rings. The molecule has 1 amide bonds. The summed E-state index contributed by atoms with van der Waals surface area (Å²) in [5.74, 6) is -0.131. The monoisotopic (exact) mass is 354 g/mol.